The van der Waals surface area contributed by atoms with Crippen LogP contribution in [0, 0.1) is 0 Å². The molecule has 2 aromatic carbocycles. The fraction of sp³-hybridized carbons (Fsp3) is 0.350. The Morgan fingerprint density at radius 3 is 2.21 bits per heavy atom. The van der Waals surface area contributed by atoms with Crippen LogP contribution in [0.3, 0.4) is 0 Å². The molecule has 0 aromatic heterocycles. The van der Waals surface area contributed by atoms with Gasteiger partial charge in [-0.05, 0) is 26.7 Å². The molecule has 0 radical (unpaired) electrons. The SMILES string of the molecule is C1CCOC1.CC(C)[NH+]=c1cccc[cH-]c1=[NH+]c1ccccc1.[Na+]. The molecule has 0 aliphatic carbocycles. The van der Waals surface area contributed by atoms with Gasteiger partial charge in [0.1, 0.15) is 6.04 Å². The molecular formula is C20H27N2NaO+2. The second-order valence-electron chi connectivity index (χ2n) is 5.85. The second-order valence-corrected chi connectivity index (χ2v) is 5.85. The minimum atomic E-state index is 0. The van der Waals surface area contributed by atoms with Gasteiger partial charge in [-0.2, -0.15) is 12.1 Å². The van der Waals surface area contributed by atoms with E-state index in [1.807, 2.05) is 36.4 Å². The summed E-state index contributed by atoms with van der Waals surface area (Å²) in [6, 6.07) is 20.9. The fourth-order valence-corrected chi connectivity index (χ4v) is 2.28. The van der Waals surface area contributed by atoms with Crippen LogP contribution in [-0.4, -0.2) is 19.3 Å². The van der Waals surface area contributed by atoms with E-state index in [1.54, 1.807) is 0 Å². The van der Waals surface area contributed by atoms with Gasteiger partial charge in [0.15, 0.2) is 10.7 Å². The molecule has 0 atom stereocenters. The minimum Gasteiger partial charge on any atom is -0.381 e. The average molecular weight is 334 g/mol. The first-order valence-electron chi connectivity index (χ1n) is 8.34. The topological polar surface area (TPSA) is 37.2 Å². The first kappa shape index (κ1) is 20.9. The predicted octanol–water partition coefficient (Wildman–Crippen LogP) is -3.09. The molecular weight excluding hydrogens is 307 g/mol. The van der Waals surface area contributed by atoms with Gasteiger partial charge >= 0.3 is 29.6 Å². The summed E-state index contributed by atoms with van der Waals surface area (Å²) in [7, 11) is 0. The molecule has 3 nitrogen and oxygen atoms in total. The molecule has 0 amide bonds. The summed E-state index contributed by atoms with van der Waals surface area (Å²) < 4.78 is 4.94. The van der Waals surface area contributed by atoms with Crippen LogP contribution in [0.25, 0.3) is 0 Å². The van der Waals surface area contributed by atoms with Gasteiger partial charge in [0, 0.05) is 25.3 Å². The Labute approximate surface area is 166 Å². The Morgan fingerprint density at radius 1 is 0.958 bits per heavy atom. The molecule has 0 saturated carbocycles. The third kappa shape index (κ3) is 8.11. The maximum absolute atomic E-state index is 4.94. The molecule has 1 aliphatic heterocycles. The van der Waals surface area contributed by atoms with E-state index in [-0.39, 0.29) is 29.6 Å². The van der Waals surface area contributed by atoms with Crippen LogP contribution >= 0.6 is 0 Å². The maximum atomic E-state index is 4.94. The van der Waals surface area contributed by atoms with Gasteiger partial charge in [-0.25, -0.2) is 4.99 Å². The van der Waals surface area contributed by atoms with Gasteiger partial charge < -0.3 is 4.74 Å². The number of rotatable bonds is 2. The predicted molar refractivity (Wildman–Crippen MR) is 91.5 cm³/mol. The number of benzene rings is 1. The molecule has 0 bridgehead atoms. The molecule has 3 rings (SSSR count). The van der Waals surface area contributed by atoms with Gasteiger partial charge in [-0.3, -0.25) is 4.99 Å². The molecule has 1 saturated heterocycles. The summed E-state index contributed by atoms with van der Waals surface area (Å²) in [6.07, 6.45) is 2.56. The molecule has 0 unspecified atom stereocenters. The van der Waals surface area contributed by atoms with Gasteiger partial charge in [0.2, 0.25) is 5.69 Å². The van der Waals surface area contributed by atoms with E-state index in [0.717, 1.165) is 29.6 Å². The van der Waals surface area contributed by atoms with Crippen molar-refractivity contribution in [2.75, 3.05) is 13.2 Å². The summed E-state index contributed by atoms with van der Waals surface area (Å²) in [5.41, 5.74) is 1.09. The van der Waals surface area contributed by atoms with Crippen LogP contribution in [0.2, 0.25) is 0 Å². The van der Waals surface area contributed by atoms with E-state index in [9.17, 15) is 0 Å². The summed E-state index contributed by atoms with van der Waals surface area (Å²) >= 11 is 0. The monoisotopic (exact) mass is 334 g/mol. The quantitative estimate of drug-likeness (QED) is 0.443. The first-order valence-corrected chi connectivity index (χ1v) is 8.34. The van der Waals surface area contributed by atoms with E-state index >= 15 is 0 Å². The normalized spacial score (nSPS) is 14.8. The van der Waals surface area contributed by atoms with E-state index < -0.39 is 0 Å². The van der Waals surface area contributed by atoms with Crippen LogP contribution in [0.1, 0.15) is 26.7 Å². The fourth-order valence-electron chi connectivity index (χ4n) is 2.28. The van der Waals surface area contributed by atoms with E-state index in [1.165, 1.54) is 12.8 Å². The van der Waals surface area contributed by atoms with Crippen LogP contribution in [0.4, 0.5) is 5.69 Å². The summed E-state index contributed by atoms with van der Waals surface area (Å²) in [6.45, 7) is 6.28. The molecule has 1 aliphatic rings. The van der Waals surface area contributed by atoms with Gasteiger partial charge in [-0.15, -0.1) is 6.07 Å². The summed E-state index contributed by atoms with van der Waals surface area (Å²) in [5.74, 6) is 0. The van der Waals surface area contributed by atoms with Crippen LogP contribution in [0.15, 0.2) is 60.7 Å². The zero-order chi connectivity index (χ0) is 16.3. The number of hydrogen-bond acceptors (Lipinski definition) is 1. The third-order valence-electron chi connectivity index (χ3n) is 3.36. The van der Waals surface area contributed by atoms with E-state index in [4.69, 9.17) is 4.74 Å². The van der Waals surface area contributed by atoms with Crippen molar-refractivity contribution in [1.82, 2.24) is 0 Å². The molecule has 2 aromatic rings. The standard InChI is InChI=1S/C16H17N2.C4H8O.Na/c1-13(2)17-15-11-7-4-8-12-16(15)18-14-9-5-3-6-10-14;1-2-4-5-3-1;/h3-13H,1-2H3;1-4H2;/q-1;;+1/p+2. The van der Waals surface area contributed by atoms with Crippen molar-refractivity contribution in [3.8, 4) is 0 Å². The van der Waals surface area contributed by atoms with Gasteiger partial charge in [-0.1, -0.05) is 30.3 Å². The molecule has 24 heavy (non-hydrogen) atoms. The first-order chi connectivity index (χ1) is 11.3. The number of hydrogen-bond donors (Lipinski definition) is 2. The number of para-hydroxylation sites is 1. The van der Waals surface area contributed by atoms with Crippen LogP contribution in [-0.2, 0) is 4.74 Å². The second kappa shape index (κ2) is 12.3. The Kier molecular flexibility index (Phi) is 10.7. The Balaban J connectivity index is 0.000000412. The largest absolute Gasteiger partial charge is 1.00 e. The molecule has 4 heteroatoms. The number of ether oxygens (including phenoxy) is 1. The Bertz CT molecular complexity index is 697. The molecule has 2 N–H and O–H groups in total. The van der Waals surface area contributed by atoms with E-state index in [2.05, 4.69) is 48.1 Å². The third-order valence-corrected chi connectivity index (χ3v) is 3.36. The molecule has 1 heterocycles. The van der Waals surface area contributed by atoms with Crippen molar-refractivity contribution in [2.45, 2.75) is 32.7 Å². The van der Waals surface area contributed by atoms with Crippen LogP contribution in [0.5, 0.6) is 0 Å². The molecule has 122 valence electrons. The summed E-state index contributed by atoms with van der Waals surface area (Å²) in [4.78, 5) is 6.89. The maximum Gasteiger partial charge on any atom is 1.00 e. The number of nitrogens with one attached hydrogen (secondary N) is 2. The van der Waals surface area contributed by atoms with Gasteiger partial charge in [0.05, 0.1) is 0 Å². The van der Waals surface area contributed by atoms with Crippen molar-refractivity contribution in [3.63, 3.8) is 0 Å². The van der Waals surface area contributed by atoms with E-state index in [0.29, 0.717) is 6.04 Å². The average Bonchev–Trinajstić information content (AvgIpc) is 3.06. The Morgan fingerprint density at radius 2 is 1.62 bits per heavy atom. The van der Waals surface area contributed by atoms with Gasteiger partial charge in [0.25, 0.3) is 0 Å². The molecule has 0 spiro atoms. The zero-order valence-corrected chi connectivity index (χ0v) is 17.1. The van der Waals surface area contributed by atoms with Crippen molar-refractivity contribution in [2.24, 2.45) is 0 Å². The van der Waals surface area contributed by atoms with Crippen molar-refractivity contribution in [1.29, 1.82) is 0 Å². The zero-order valence-electron chi connectivity index (χ0n) is 15.1. The smallest absolute Gasteiger partial charge is 0.381 e. The van der Waals surface area contributed by atoms with Crippen LogP contribution < -0.4 is 50.3 Å². The van der Waals surface area contributed by atoms with Crippen molar-refractivity contribution >= 4 is 5.69 Å². The van der Waals surface area contributed by atoms with Crippen molar-refractivity contribution in [3.05, 3.63) is 71.4 Å². The summed E-state index contributed by atoms with van der Waals surface area (Å²) in [5, 5.41) is 2.19. The Hall–Kier alpha value is -1.13. The minimum absolute atomic E-state index is 0. The van der Waals surface area contributed by atoms with Crippen molar-refractivity contribution < 1.29 is 44.3 Å². The molecule has 1 fully saturated rings.